The van der Waals surface area contributed by atoms with Gasteiger partial charge in [0, 0.05) is 19.2 Å². The fourth-order valence-electron chi connectivity index (χ4n) is 1.41. The molecule has 2 unspecified atom stereocenters. The van der Waals surface area contributed by atoms with E-state index in [1.807, 2.05) is 13.8 Å². The van der Waals surface area contributed by atoms with Crippen LogP contribution in [0.2, 0.25) is 0 Å². The lowest BCUT2D eigenvalue weighted by molar-refractivity contribution is -0.121. The number of hydrogen-bond acceptors (Lipinski definition) is 3. The maximum Gasteiger partial charge on any atom is 0.234 e. The van der Waals surface area contributed by atoms with Gasteiger partial charge < -0.3 is 15.4 Å². The SMILES string of the molecule is CCCC(C)NC(=O)CNC(C)COC. The second kappa shape index (κ2) is 8.68. The third-order valence-electron chi connectivity index (χ3n) is 2.16. The number of nitrogens with one attached hydrogen (secondary N) is 2. The average Bonchev–Trinajstić information content (AvgIpc) is 2.15. The van der Waals surface area contributed by atoms with Gasteiger partial charge in [-0.25, -0.2) is 0 Å². The average molecular weight is 216 g/mol. The minimum absolute atomic E-state index is 0.0545. The first-order valence-corrected chi connectivity index (χ1v) is 5.61. The maximum atomic E-state index is 11.4. The highest BCUT2D eigenvalue weighted by Gasteiger charge is 2.07. The van der Waals surface area contributed by atoms with Gasteiger partial charge in [0.2, 0.25) is 5.91 Å². The van der Waals surface area contributed by atoms with Crippen LogP contribution >= 0.6 is 0 Å². The quantitative estimate of drug-likeness (QED) is 0.634. The fourth-order valence-corrected chi connectivity index (χ4v) is 1.41. The summed E-state index contributed by atoms with van der Waals surface area (Å²) in [6.07, 6.45) is 2.12. The minimum atomic E-state index is 0.0545. The number of carbonyl (C=O) groups is 1. The lowest BCUT2D eigenvalue weighted by Crippen LogP contribution is -2.42. The maximum absolute atomic E-state index is 11.4. The van der Waals surface area contributed by atoms with E-state index in [0.717, 1.165) is 12.8 Å². The molecule has 0 aliphatic carbocycles. The summed E-state index contributed by atoms with van der Waals surface area (Å²) in [4.78, 5) is 11.4. The summed E-state index contributed by atoms with van der Waals surface area (Å²) in [5.74, 6) is 0.0545. The van der Waals surface area contributed by atoms with Gasteiger partial charge in [-0.3, -0.25) is 4.79 Å². The molecule has 0 aliphatic rings. The molecule has 15 heavy (non-hydrogen) atoms. The summed E-state index contributed by atoms with van der Waals surface area (Å²) >= 11 is 0. The van der Waals surface area contributed by atoms with Crippen molar-refractivity contribution in [3.63, 3.8) is 0 Å². The molecule has 90 valence electrons. The Morgan fingerprint density at radius 2 is 2.00 bits per heavy atom. The van der Waals surface area contributed by atoms with Crippen LogP contribution in [0.4, 0.5) is 0 Å². The lowest BCUT2D eigenvalue weighted by Gasteiger charge is -2.15. The summed E-state index contributed by atoms with van der Waals surface area (Å²) < 4.78 is 4.96. The first kappa shape index (κ1) is 14.4. The molecule has 0 aromatic heterocycles. The third-order valence-corrected chi connectivity index (χ3v) is 2.16. The van der Waals surface area contributed by atoms with E-state index in [0.29, 0.717) is 13.2 Å². The highest BCUT2D eigenvalue weighted by Crippen LogP contribution is 1.93. The Balaban J connectivity index is 3.56. The smallest absolute Gasteiger partial charge is 0.234 e. The van der Waals surface area contributed by atoms with Crippen molar-refractivity contribution in [1.82, 2.24) is 10.6 Å². The second-order valence-electron chi connectivity index (χ2n) is 3.99. The van der Waals surface area contributed by atoms with E-state index in [2.05, 4.69) is 17.6 Å². The van der Waals surface area contributed by atoms with E-state index in [1.165, 1.54) is 0 Å². The first-order chi connectivity index (χ1) is 7.10. The molecule has 0 aliphatic heterocycles. The highest BCUT2D eigenvalue weighted by molar-refractivity contribution is 5.78. The molecule has 0 heterocycles. The topological polar surface area (TPSA) is 50.4 Å². The summed E-state index contributed by atoms with van der Waals surface area (Å²) in [6, 6.07) is 0.476. The normalized spacial score (nSPS) is 14.7. The lowest BCUT2D eigenvalue weighted by atomic mass is 10.2. The molecule has 0 bridgehead atoms. The zero-order chi connectivity index (χ0) is 11.7. The largest absolute Gasteiger partial charge is 0.383 e. The van der Waals surface area contributed by atoms with Crippen LogP contribution < -0.4 is 10.6 Å². The van der Waals surface area contributed by atoms with Crippen molar-refractivity contribution < 1.29 is 9.53 Å². The van der Waals surface area contributed by atoms with Gasteiger partial charge >= 0.3 is 0 Å². The van der Waals surface area contributed by atoms with Crippen LogP contribution in [-0.4, -0.2) is 38.3 Å². The van der Waals surface area contributed by atoms with E-state index >= 15 is 0 Å². The van der Waals surface area contributed by atoms with Crippen LogP contribution in [-0.2, 0) is 9.53 Å². The van der Waals surface area contributed by atoms with E-state index in [1.54, 1.807) is 7.11 Å². The van der Waals surface area contributed by atoms with E-state index in [-0.39, 0.29) is 18.0 Å². The van der Waals surface area contributed by atoms with Gasteiger partial charge in [0.25, 0.3) is 0 Å². The van der Waals surface area contributed by atoms with Gasteiger partial charge in [-0.05, 0) is 20.3 Å². The fraction of sp³-hybridized carbons (Fsp3) is 0.909. The van der Waals surface area contributed by atoms with E-state index in [4.69, 9.17) is 4.74 Å². The molecule has 2 N–H and O–H groups in total. The van der Waals surface area contributed by atoms with E-state index in [9.17, 15) is 4.79 Å². The molecule has 0 aromatic carbocycles. The molecule has 0 saturated heterocycles. The van der Waals surface area contributed by atoms with Crippen LogP contribution in [0.5, 0.6) is 0 Å². The number of hydrogen-bond donors (Lipinski definition) is 2. The molecule has 0 saturated carbocycles. The van der Waals surface area contributed by atoms with Crippen molar-refractivity contribution >= 4 is 5.91 Å². The van der Waals surface area contributed by atoms with Crippen molar-refractivity contribution in [2.24, 2.45) is 0 Å². The van der Waals surface area contributed by atoms with Gasteiger partial charge in [0.15, 0.2) is 0 Å². The summed E-state index contributed by atoms with van der Waals surface area (Å²) in [6.45, 7) is 7.12. The molecule has 1 amide bonds. The van der Waals surface area contributed by atoms with Gasteiger partial charge in [-0.15, -0.1) is 0 Å². The van der Waals surface area contributed by atoms with Gasteiger partial charge in [0.1, 0.15) is 0 Å². The van der Waals surface area contributed by atoms with Gasteiger partial charge in [-0.2, -0.15) is 0 Å². The first-order valence-electron chi connectivity index (χ1n) is 5.61. The van der Waals surface area contributed by atoms with Crippen LogP contribution in [0.1, 0.15) is 33.6 Å². The number of carbonyl (C=O) groups excluding carboxylic acids is 1. The molecule has 0 aromatic rings. The second-order valence-corrected chi connectivity index (χ2v) is 3.99. The number of ether oxygens (including phenoxy) is 1. The Morgan fingerprint density at radius 1 is 1.33 bits per heavy atom. The number of methoxy groups -OCH3 is 1. The Morgan fingerprint density at radius 3 is 2.53 bits per heavy atom. The van der Waals surface area contributed by atoms with Crippen molar-refractivity contribution in [2.45, 2.75) is 45.7 Å². The van der Waals surface area contributed by atoms with Gasteiger partial charge in [-0.1, -0.05) is 13.3 Å². The van der Waals surface area contributed by atoms with Crippen molar-refractivity contribution in [1.29, 1.82) is 0 Å². The molecule has 0 spiro atoms. The Bertz CT molecular complexity index is 174. The number of amides is 1. The number of rotatable bonds is 8. The molecule has 0 fully saturated rings. The molecule has 0 radical (unpaired) electrons. The van der Waals surface area contributed by atoms with Crippen LogP contribution in [0.15, 0.2) is 0 Å². The summed E-state index contributed by atoms with van der Waals surface area (Å²) in [5, 5.41) is 6.03. The Hall–Kier alpha value is -0.610. The molecule has 4 nitrogen and oxygen atoms in total. The van der Waals surface area contributed by atoms with Crippen LogP contribution in [0.3, 0.4) is 0 Å². The van der Waals surface area contributed by atoms with Crippen LogP contribution in [0.25, 0.3) is 0 Å². The zero-order valence-electron chi connectivity index (χ0n) is 10.3. The molecular weight excluding hydrogens is 192 g/mol. The predicted molar refractivity (Wildman–Crippen MR) is 61.9 cm³/mol. The van der Waals surface area contributed by atoms with Crippen molar-refractivity contribution in [2.75, 3.05) is 20.3 Å². The monoisotopic (exact) mass is 216 g/mol. The van der Waals surface area contributed by atoms with Crippen molar-refractivity contribution in [3.05, 3.63) is 0 Å². The van der Waals surface area contributed by atoms with Crippen molar-refractivity contribution in [3.8, 4) is 0 Å². The zero-order valence-corrected chi connectivity index (χ0v) is 10.3. The van der Waals surface area contributed by atoms with Crippen LogP contribution in [0, 0.1) is 0 Å². The molecule has 4 heteroatoms. The standard InChI is InChI=1S/C11H24N2O2/c1-5-6-9(2)13-11(14)7-12-10(3)8-15-4/h9-10,12H,5-8H2,1-4H3,(H,13,14). The minimum Gasteiger partial charge on any atom is -0.383 e. The highest BCUT2D eigenvalue weighted by atomic mass is 16.5. The summed E-state index contributed by atoms with van der Waals surface area (Å²) in [5.41, 5.74) is 0. The summed E-state index contributed by atoms with van der Waals surface area (Å²) in [7, 11) is 1.65. The van der Waals surface area contributed by atoms with Gasteiger partial charge in [0.05, 0.1) is 13.2 Å². The molecule has 0 rings (SSSR count). The van der Waals surface area contributed by atoms with E-state index < -0.39 is 0 Å². The third kappa shape index (κ3) is 8.39. The molecular formula is C11H24N2O2. The Kier molecular flexibility index (Phi) is 8.33. The predicted octanol–water partition coefficient (Wildman–Crippen LogP) is 0.916. The molecule has 2 atom stereocenters. The Labute approximate surface area is 92.8 Å².